The molecule has 7 nitrogen and oxygen atoms in total. The normalized spacial score (nSPS) is 10.2. The molecule has 0 fully saturated rings. The van der Waals surface area contributed by atoms with Gasteiger partial charge in [0.25, 0.3) is 5.91 Å². The van der Waals surface area contributed by atoms with Crippen LogP contribution in [0.5, 0.6) is 0 Å². The summed E-state index contributed by atoms with van der Waals surface area (Å²) >= 11 is 0. The average Bonchev–Trinajstić information content (AvgIpc) is 2.37. The van der Waals surface area contributed by atoms with E-state index < -0.39 is 34.9 Å². The maximum absolute atomic E-state index is 13.1. The molecule has 0 unspecified atom stereocenters. The predicted octanol–water partition coefficient (Wildman–Crippen LogP) is 1.87. The third kappa shape index (κ3) is 4.30. The fraction of sp³-hybridized carbons (Fsp3) is 0.333. The van der Waals surface area contributed by atoms with E-state index >= 15 is 0 Å². The molecule has 20 heavy (non-hydrogen) atoms. The number of carbonyl (C=O) groups excluding carboxylic acids is 2. The molecule has 0 bridgehead atoms. The number of ether oxygens (including phenoxy) is 1. The van der Waals surface area contributed by atoms with Crippen molar-refractivity contribution in [3.8, 4) is 0 Å². The van der Waals surface area contributed by atoms with Gasteiger partial charge in [0, 0.05) is 11.8 Å². The first-order valence-electron chi connectivity index (χ1n) is 5.71. The Morgan fingerprint density at radius 2 is 2.10 bits per heavy atom. The van der Waals surface area contributed by atoms with Gasteiger partial charge in [-0.1, -0.05) is 13.8 Å². The fourth-order valence-electron chi connectivity index (χ4n) is 1.23. The number of anilines is 1. The maximum atomic E-state index is 13.1. The second kappa shape index (κ2) is 6.60. The Morgan fingerprint density at radius 1 is 1.45 bits per heavy atom. The number of nitro benzene ring substituents is 1. The molecule has 1 aromatic rings. The van der Waals surface area contributed by atoms with E-state index in [4.69, 9.17) is 0 Å². The topological polar surface area (TPSA) is 98.5 Å². The molecule has 0 aliphatic rings. The van der Waals surface area contributed by atoms with Gasteiger partial charge in [0.2, 0.25) is 5.82 Å². The molecule has 0 atom stereocenters. The molecule has 0 aliphatic heterocycles. The Morgan fingerprint density at radius 3 is 2.65 bits per heavy atom. The molecule has 0 saturated heterocycles. The number of halogens is 1. The molecule has 1 aromatic carbocycles. The summed E-state index contributed by atoms with van der Waals surface area (Å²) in [5.74, 6) is -2.57. The minimum atomic E-state index is -1.00. The molecule has 0 spiro atoms. The average molecular weight is 284 g/mol. The molecule has 1 amide bonds. The Hall–Kier alpha value is -2.51. The van der Waals surface area contributed by atoms with E-state index in [1.807, 2.05) is 0 Å². The van der Waals surface area contributed by atoms with Gasteiger partial charge < -0.3 is 10.1 Å². The lowest BCUT2D eigenvalue weighted by atomic mass is 10.2. The number of amides is 1. The lowest BCUT2D eigenvalue weighted by molar-refractivity contribution is -0.387. The minimum absolute atomic E-state index is 0.0451. The number of esters is 1. The molecular weight excluding hydrogens is 271 g/mol. The van der Waals surface area contributed by atoms with Crippen LogP contribution in [-0.2, 0) is 14.3 Å². The highest BCUT2D eigenvalue weighted by Crippen LogP contribution is 2.21. The lowest BCUT2D eigenvalue weighted by Crippen LogP contribution is -2.22. The van der Waals surface area contributed by atoms with Crippen LogP contribution in [0.25, 0.3) is 0 Å². The van der Waals surface area contributed by atoms with Gasteiger partial charge >= 0.3 is 11.7 Å². The molecule has 1 rings (SSSR count). The SMILES string of the molecule is CC(C)C(=O)OCC(=O)Nc1ccc(F)c([N+](=O)[O-])c1. The van der Waals surface area contributed by atoms with E-state index in [1.165, 1.54) is 6.07 Å². The standard InChI is InChI=1S/C12H13FN2O5/c1-7(2)12(17)20-6-11(16)14-8-3-4-9(13)10(5-8)15(18)19/h3-5,7H,6H2,1-2H3,(H,14,16). The van der Waals surface area contributed by atoms with Crippen LogP contribution in [0, 0.1) is 21.8 Å². The molecule has 8 heteroatoms. The van der Waals surface area contributed by atoms with Crippen molar-refractivity contribution in [2.24, 2.45) is 5.92 Å². The Balaban J connectivity index is 2.65. The van der Waals surface area contributed by atoms with Gasteiger partial charge in [-0.05, 0) is 12.1 Å². The van der Waals surface area contributed by atoms with Crippen molar-refractivity contribution in [3.05, 3.63) is 34.1 Å². The number of carbonyl (C=O) groups is 2. The molecule has 0 aromatic heterocycles. The number of nitrogens with zero attached hydrogens (tertiary/aromatic N) is 1. The van der Waals surface area contributed by atoms with Gasteiger partial charge in [-0.15, -0.1) is 0 Å². The summed E-state index contributed by atoms with van der Waals surface area (Å²) in [6.45, 7) is 2.72. The van der Waals surface area contributed by atoms with Crippen LogP contribution in [0.3, 0.4) is 0 Å². The first-order chi connectivity index (χ1) is 9.31. The van der Waals surface area contributed by atoms with Gasteiger partial charge in [0.15, 0.2) is 6.61 Å². The molecule has 0 saturated carbocycles. The first kappa shape index (κ1) is 15.5. The van der Waals surface area contributed by atoms with Gasteiger partial charge in [-0.3, -0.25) is 19.7 Å². The number of nitro groups is 1. The highest BCUT2D eigenvalue weighted by Gasteiger charge is 2.16. The van der Waals surface area contributed by atoms with Crippen molar-refractivity contribution >= 4 is 23.3 Å². The van der Waals surface area contributed by atoms with Crippen molar-refractivity contribution in [1.29, 1.82) is 0 Å². The number of benzene rings is 1. The van der Waals surface area contributed by atoms with Crippen LogP contribution in [0.4, 0.5) is 15.8 Å². The van der Waals surface area contributed by atoms with Crippen LogP contribution >= 0.6 is 0 Å². The van der Waals surface area contributed by atoms with E-state index in [9.17, 15) is 24.1 Å². The number of hydrogen-bond donors (Lipinski definition) is 1. The van der Waals surface area contributed by atoms with E-state index in [2.05, 4.69) is 10.1 Å². The van der Waals surface area contributed by atoms with Crippen molar-refractivity contribution < 1.29 is 23.6 Å². The molecule has 1 N–H and O–H groups in total. The summed E-state index contributed by atoms with van der Waals surface area (Å²) in [6.07, 6.45) is 0. The van der Waals surface area contributed by atoms with E-state index in [0.717, 1.165) is 12.1 Å². The van der Waals surface area contributed by atoms with E-state index in [0.29, 0.717) is 0 Å². The Kier molecular flexibility index (Phi) is 5.13. The van der Waals surface area contributed by atoms with Crippen molar-refractivity contribution in [2.45, 2.75) is 13.8 Å². The monoisotopic (exact) mass is 284 g/mol. The van der Waals surface area contributed by atoms with Crippen molar-refractivity contribution in [2.75, 3.05) is 11.9 Å². The molecule has 0 aliphatic carbocycles. The minimum Gasteiger partial charge on any atom is -0.455 e. The summed E-state index contributed by atoms with van der Waals surface area (Å²) in [4.78, 5) is 32.2. The van der Waals surface area contributed by atoms with E-state index in [-0.39, 0.29) is 11.6 Å². The van der Waals surface area contributed by atoms with Crippen LogP contribution in [0.15, 0.2) is 18.2 Å². The van der Waals surface area contributed by atoms with Crippen LogP contribution in [0.2, 0.25) is 0 Å². The van der Waals surface area contributed by atoms with E-state index in [1.54, 1.807) is 13.8 Å². The van der Waals surface area contributed by atoms with Crippen LogP contribution in [-0.4, -0.2) is 23.4 Å². The lowest BCUT2D eigenvalue weighted by Gasteiger charge is -2.08. The number of rotatable bonds is 5. The van der Waals surface area contributed by atoms with Crippen molar-refractivity contribution in [3.63, 3.8) is 0 Å². The third-order valence-corrected chi connectivity index (χ3v) is 2.24. The maximum Gasteiger partial charge on any atom is 0.308 e. The molecule has 0 heterocycles. The highest BCUT2D eigenvalue weighted by molar-refractivity contribution is 5.93. The molecule has 108 valence electrons. The van der Waals surface area contributed by atoms with Crippen LogP contribution < -0.4 is 5.32 Å². The summed E-state index contributed by atoms with van der Waals surface area (Å²) in [7, 11) is 0. The second-order valence-electron chi connectivity index (χ2n) is 4.23. The van der Waals surface area contributed by atoms with Crippen molar-refractivity contribution in [1.82, 2.24) is 0 Å². The smallest absolute Gasteiger partial charge is 0.308 e. The molecular formula is C12H13FN2O5. The van der Waals surface area contributed by atoms with Gasteiger partial charge in [-0.25, -0.2) is 0 Å². The Bertz CT molecular complexity index is 545. The largest absolute Gasteiger partial charge is 0.455 e. The highest BCUT2D eigenvalue weighted by atomic mass is 19.1. The summed E-state index contributed by atoms with van der Waals surface area (Å²) in [5, 5.41) is 12.8. The molecule has 0 radical (unpaired) electrons. The predicted molar refractivity (Wildman–Crippen MR) is 67.5 cm³/mol. The quantitative estimate of drug-likeness (QED) is 0.505. The number of nitrogens with one attached hydrogen (secondary N) is 1. The summed E-state index contributed by atoms with van der Waals surface area (Å²) in [5.41, 5.74) is -0.703. The van der Waals surface area contributed by atoms with Gasteiger partial charge in [0.1, 0.15) is 0 Å². The number of hydrogen-bond acceptors (Lipinski definition) is 5. The zero-order valence-corrected chi connectivity index (χ0v) is 10.9. The van der Waals surface area contributed by atoms with Gasteiger partial charge in [-0.2, -0.15) is 4.39 Å². The Labute approximate surface area is 113 Å². The third-order valence-electron chi connectivity index (χ3n) is 2.24. The zero-order valence-electron chi connectivity index (χ0n) is 10.9. The summed E-state index contributed by atoms with van der Waals surface area (Å²) < 4.78 is 17.8. The second-order valence-corrected chi connectivity index (χ2v) is 4.23. The zero-order chi connectivity index (χ0) is 15.3. The van der Waals surface area contributed by atoms with Crippen LogP contribution in [0.1, 0.15) is 13.8 Å². The fourth-order valence-corrected chi connectivity index (χ4v) is 1.23. The summed E-state index contributed by atoms with van der Waals surface area (Å²) in [6, 6.07) is 2.93. The first-order valence-corrected chi connectivity index (χ1v) is 5.71. The van der Waals surface area contributed by atoms with Gasteiger partial charge in [0.05, 0.1) is 10.8 Å².